The Morgan fingerprint density at radius 3 is 2.68 bits per heavy atom. The highest BCUT2D eigenvalue weighted by Gasteiger charge is 2.23. The number of unbranched alkanes of at least 4 members (excludes halogenated alkanes) is 1. The van der Waals surface area contributed by atoms with Crippen LogP contribution in [0.5, 0.6) is 0 Å². The highest BCUT2D eigenvalue weighted by atomic mass is 79.9. The van der Waals surface area contributed by atoms with E-state index in [1.165, 1.54) is 12.1 Å². The summed E-state index contributed by atoms with van der Waals surface area (Å²) in [6, 6.07) is 3.14. The zero-order chi connectivity index (χ0) is 14.4. The van der Waals surface area contributed by atoms with Crippen LogP contribution in [0, 0.1) is 5.82 Å². The topological polar surface area (TPSA) is 66.4 Å². The quantitative estimate of drug-likeness (QED) is 0.842. The maximum absolute atomic E-state index is 13.6. The van der Waals surface area contributed by atoms with E-state index in [0.717, 1.165) is 12.5 Å². The van der Waals surface area contributed by atoms with Gasteiger partial charge in [0, 0.05) is 4.47 Å². The Morgan fingerprint density at radius 1 is 1.47 bits per heavy atom. The molecule has 1 aromatic carbocycles. The number of amides is 1. The molecule has 0 aliphatic heterocycles. The molecule has 0 fully saturated rings. The first-order valence-corrected chi connectivity index (χ1v) is 6.74. The van der Waals surface area contributed by atoms with Crippen molar-refractivity contribution >= 4 is 27.8 Å². The number of benzene rings is 1. The van der Waals surface area contributed by atoms with Crippen LogP contribution in [0.3, 0.4) is 0 Å². The van der Waals surface area contributed by atoms with Gasteiger partial charge in [-0.2, -0.15) is 0 Å². The zero-order valence-electron chi connectivity index (χ0n) is 10.5. The minimum atomic E-state index is -1.12. The van der Waals surface area contributed by atoms with E-state index in [0.29, 0.717) is 17.3 Å². The number of hydrogen-bond acceptors (Lipinski definition) is 2. The zero-order valence-corrected chi connectivity index (χ0v) is 12.0. The fraction of sp³-hybridized carbons (Fsp3) is 0.385. The Hall–Kier alpha value is -1.43. The largest absolute Gasteiger partial charge is 0.480 e. The first kappa shape index (κ1) is 15.6. The molecule has 0 bridgehead atoms. The van der Waals surface area contributed by atoms with Crippen LogP contribution in [0.1, 0.15) is 36.5 Å². The van der Waals surface area contributed by atoms with Gasteiger partial charge in [0.1, 0.15) is 11.9 Å². The second-order valence-electron chi connectivity index (χ2n) is 4.10. The summed E-state index contributed by atoms with van der Waals surface area (Å²) >= 11 is 3.08. The summed E-state index contributed by atoms with van der Waals surface area (Å²) in [4.78, 5) is 22.9. The molecule has 0 unspecified atom stereocenters. The Kier molecular flexibility index (Phi) is 5.95. The predicted octanol–water partition coefficient (Wildman–Crippen LogP) is 2.96. The Morgan fingerprint density at radius 2 is 2.16 bits per heavy atom. The van der Waals surface area contributed by atoms with Crippen molar-refractivity contribution < 1.29 is 19.1 Å². The number of carboxylic acids is 1. The molecule has 6 heteroatoms. The van der Waals surface area contributed by atoms with E-state index in [1.807, 2.05) is 6.92 Å². The van der Waals surface area contributed by atoms with Gasteiger partial charge in [-0.3, -0.25) is 4.79 Å². The molecule has 4 nitrogen and oxygen atoms in total. The number of nitrogens with one attached hydrogen (secondary N) is 1. The monoisotopic (exact) mass is 331 g/mol. The van der Waals surface area contributed by atoms with Gasteiger partial charge < -0.3 is 10.4 Å². The van der Waals surface area contributed by atoms with Gasteiger partial charge in [-0.25, -0.2) is 9.18 Å². The maximum atomic E-state index is 13.6. The van der Waals surface area contributed by atoms with E-state index in [2.05, 4.69) is 21.2 Å². The van der Waals surface area contributed by atoms with Crippen LogP contribution in [0.15, 0.2) is 22.7 Å². The second kappa shape index (κ2) is 7.23. The molecule has 0 saturated heterocycles. The fourth-order valence-electron chi connectivity index (χ4n) is 1.61. The van der Waals surface area contributed by atoms with Gasteiger partial charge in [-0.05, 0) is 34.5 Å². The molecule has 0 radical (unpaired) electrons. The highest BCUT2D eigenvalue weighted by Crippen LogP contribution is 2.19. The van der Waals surface area contributed by atoms with E-state index in [1.54, 1.807) is 0 Å². The predicted molar refractivity (Wildman–Crippen MR) is 72.5 cm³/mol. The first-order valence-electron chi connectivity index (χ1n) is 5.95. The number of carbonyl (C=O) groups is 2. The summed E-state index contributed by atoms with van der Waals surface area (Å²) < 4.78 is 13.9. The molecule has 1 atom stereocenters. The summed E-state index contributed by atoms with van der Waals surface area (Å²) in [6.07, 6.45) is 1.82. The molecule has 0 heterocycles. The number of hydrogen-bond donors (Lipinski definition) is 2. The average molecular weight is 332 g/mol. The van der Waals surface area contributed by atoms with Crippen molar-refractivity contribution in [1.82, 2.24) is 5.32 Å². The van der Waals surface area contributed by atoms with Crippen LogP contribution >= 0.6 is 15.9 Å². The van der Waals surface area contributed by atoms with Crippen molar-refractivity contribution in [2.75, 3.05) is 0 Å². The Labute approximate surface area is 119 Å². The van der Waals surface area contributed by atoms with Gasteiger partial charge in [0.2, 0.25) is 0 Å². The molecule has 0 spiro atoms. The SMILES string of the molecule is CCCC[C@H](NC(=O)c1c(F)cccc1Br)C(=O)O. The Balaban J connectivity index is 2.85. The lowest BCUT2D eigenvalue weighted by molar-refractivity contribution is -0.139. The summed E-state index contributed by atoms with van der Waals surface area (Å²) in [5.41, 5.74) is -0.176. The van der Waals surface area contributed by atoms with E-state index >= 15 is 0 Å². The number of carbonyl (C=O) groups excluding carboxylic acids is 1. The molecule has 1 amide bonds. The van der Waals surface area contributed by atoms with Crippen LogP contribution in [0.2, 0.25) is 0 Å². The van der Waals surface area contributed by atoms with Crippen molar-refractivity contribution in [3.63, 3.8) is 0 Å². The summed E-state index contributed by atoms with van der Waals surface area (Å²) in [6.45, 7) is 1.92. The van der Waals surface area contributed by atoms with Crippen LogP contribution in [-0.2, 0) is 4.79 Å². The van der Waals surface area contributed by atoms with Crippen LogP contribution in [-0.4, -0.2) is 23.0 Å². The number of halogens is 2. The summed E-state index contributed by atoms with van der Waals surface area (Å²) in [7, 11) is 0. The molecular formula is C13H15BrFNO3. The lowest BCUT2D eigenvalue weighted by atomic mass is 10.1. The number of rotatable bonds is 6. The van der Waals surface area contributed by atoms with E-state index in [-0.39, 0.29) is 5.56 Å². The maximum Gasteiger partial charge on any atom is 0.326 e. The van der Waals surface area contributed by atoms with Gasteiger partial charge in [-0.15, -0.1) is 0 Å². The molecule has 19 heavy (non-hydrogen) atoms. The molecule has 0 aliphatic rings. The van der Waals surface area contributed by atoms with E-state index in [9.17, 15) is 14.0 Å². The highest BCUT2D eigenvalue weighted by molar-refractivity contribution is 9.10. The van der Waals surface area contributed by atoms with Gasteiger partial charge >= 0.3 is 5.97 Å². The lowest BCUT2D eigenvalue weighted by Gasteiger charge is -2.15. The van der Waals surface area contributed by atoms with Gasteiger partial charge in [0.25, 0.3) is 5.91 Å². The molecule has 0 aromatic heterocycles. The second-order valence-corrected chi connectivity index (χ2v) is 4.96. The normalized spacial score (nSPS) is 11.9. The van der Waals surface area contributed by atoms with Gasteiger partial charge in [0.05, 0.1) is 5.56 Å². The average Bonchev–Trinajstić information content (AvgIpc) is 2.33. The molecule has 104 valence electrons. The Bertz CT molecular complexity index is 459. The first-order chi connectivity index (χ1) is 8.97. The van der Waals surface area contributed by atoms with E-state index in [4.69, 9.17) is 5.11 Å². The number of carboxylic acid groups (broad SMARTS) is 1. The van der Waals surface area contributed by atoms with Crippen LogP contribution in [0.25, 0.3) is 0 Å². The molecule has 0 saturated carbocycles. The molecule has 1 rings (SSSR count). The fourth-order valence-corrected chi connectivity index (χ4v) is 2.13. The number of aliphatic carboxylic acids is 1. The lowest BCUT2D eigenvalue weighted by Crippen LogP contribution is -2.41. The molecular weight excluding hydrogens is 317 g/mol. The summed E-state index contributed by atoms with van der Waals surface area (Å²) in [5, 5.41) is 11.4. The van der Waals surface area contributed by atoms with Crippen molar-refractivity contribution in [2.45, 2.75) is 32.2 Å². The van der Waals surface area contributed by atoms with Gasteiger partial charge in [-0.1, -0.05) is 25.8 Å². The molecule has 0 aliphatic carbocycles. The van der Waals surface area contributed by atoms with Crippen LogP contribution < -0.4 is 5.32 Å². The van der Waals surface area contributed by atoms with Crippen molar-refractivity contribution in [3.05, 3.63) is 34.1 Å². The molecule has 2 N–H and O–H groups in total. The minimum absolute atomic E-state index is 0.176. The summed E-state index contributed by atoms with van der Waals surface area (Å²) in [5.74, 6) is -2.53. The van der Waals surface area contributed by atoms with Gasteiger partial charge in [0.15, 0.2) is 0 Å². The smallest absolute Gasteiger partial charge is 0.326 e. The third-order valence-electron chi connectivity index (χ3n) is 2.64. The third-order valence-corrected chi connectivity index (χ3v) is 3.30. The standard InChI is InChI=1S/C13H15BrFNO3/c1-2-3-7-10(13(18)19)16-12(17)11-8(14)5-4-6-9(11)15/h4-6,10H,2-3,7H2,1H3,(H,16,17)(H,18,19)/t10-/m0/s1. The van der Waals surface area contributed by atoms with Crippen molar-refractivity contribution in [3.8, 4) is 0 Å². The van der Waals surface area contributed by atoms with Crippen molar-refractivity contribution in [1.29, 1.82) is 0 Å². The van der Waals surface area contributed by atoms with E-state index < -0.39 is 23.7 Å². The minimum Gasteiger partial charge on any atom is -0.480 e. The third kappa shape index (κ3) is 4.31. The van der Waals surface area contributed by atoms with Crippen molar-refractivity contribution in [2.24, 2.45) is 0 Å². The van der Waals surface area contributed by atoms with Crippen LogP contribution in [0.4, 0.5) is 4.39 Å². The molecule has 1 aromatic rings.